The van der Waals surface area contributed by atoms with Crippen molar-refractivity contribution >= 4 is 35.1 Å². The van der Waals surface area contributed by atoms with Crippen molar-refractivity contribution in [2.75, 3.05) is 17.2 Å². The van der Waals surface area contributed by atoms with Crippen LogP contribution in [0.5, 0.6) is 0 Å². The molecule has 11 heteroatoms. The van der Waals surface area contributed by atoms with Gasteiger partial charge in [0, 0.05) is 6.92 Å². The second kappa shape index (κ2) is 8.92. The van der Waals surface area contributed by atoms with E-state index >= 15 is 0 Å². The standard InChI is InChI=1S/C23H29F3N4O4/c1-13(31)27-16-6-5-15(23(24,25)26)11-17(16)28-18(32)12-30-19(33)22(29-20(30)34)9-7-14(8-10-22)21(2,3)4/h5-6,11,14H,7-10,12H2,1-4H3,(H,27,31)(H,28,32)(H,29,34). The lowest BCUT2D eigenvalue weighted by molar-refractivity contribution is -0.137. The van der Waals surface area contributed by atoms with E-state index in [9.17, 15) is 32.3 Å². The van der Waals surface area contributed by atoms with Crippen LogP contribution in [0.2, 0.25) is 0 Å². The van der Waals surface area contributed by atoms with Crippen molar-refractivity contribution < 1.29 is 32.3 Å². The third kappa shape index (κ3) is 5.34. The molecule has 1 spiro atoms. The molecule has 0 bridgehead atoms. The minimum Gasteiger partial charge on any atom is -0.325 e. The number of benzene rings is 1. The van der Waals surface area contributed by atoms with E-state index in [0.717, 1.165) is 29.9 Å². The number of alkyl halides is 3. The summed E-state index contributed by atoms with van der Waals surface area (Å²) in [6.45, 7) is 6.90. The highest BCUT2D eigenvalue weighted by molar-refractivity contribution is 6.10. The van der Waals surface area contributed by atoms with Gasteiger partial charge in [-0.05, 0) is 55.2 Å². The third-order valence-corrected chi connectivity index (χ3v) is 6.54. The van der Waals surface area contributed by atoms with E-state index in [1.807, 2.05) is 0 Å². The first-order valence-corrected chi connectivity index (χ1v) is 11.1. The molecule has 1 aromatic carbocycles. The molecular formula is C23H29F3N4O4. The van der Waals surface area contributed by atoms with Gasteiger partial charge in [0.25, 0.3) is 5.91 Å². The van der Waals surface area contributed by atoms with E-state index < -0.39 is 47.6 Å². The number of nitrogens with one attached hydrogen (secondary N) is 3. The second-order valence-electron chi connectivity index (χ2n) is 10.0. The molecule has 5 amide bonds. The normalized spacial score (nSPS) is 23.1. The van der Waals surface area contributed by atoms with Crippen molar-refractivity contribution in [3.8, 4) is 0 Å². The summed E-state index contributed by atoms with van der Waals surface area (Å²) >= 11 is 0. The highest BCUT2D eigenvalue weighted by atomic mass is 19.4. The first kappa shape index (κ1) is 25.5. The predicted octanol–water partition coefficient (Wildman–Crippen LogP) is 4.13. The van der Waals surface area contributed by atoms with Crippen LogP contribution in [0.3, 0.4) is 0 Å². The van der Waals surface area contributed by atoms with Gasteiger partial charge in [-0.15, -0.1) is 0 Å². The SMILES string of the molecule is CC(=O)Nc1ccc(C(F)(F)F)cc1NC(=O)CN1C(=O)NC2(CCC(C(C)(C)C)CC2)C1=O. The summed E-state index contributed by atoms with van der Waals surface area (Å²) < 4.78 is 39.4. The molecule has 1 saturated carbocycles. The van der Waals surface area contributed by atoms with E-state index in [-0.39, 0.29) is 16.8 Å². The van der Waals surface area contributed by atoms with Crippen LogP contribution >= 0.6 is 0 Å². The number of carbonyl (C=O) groups excluding carboxylic acids is 4. The van der Waals surface area contributed by atoms with Crippen molar-refractivity contribution in [2.24, 2.45) is 11.3 Å². The maximum atomic E-state index is 13.1. The average molecular weight is 483 g/mol. The molecule has 1 saturated heterocycles. The monoisotopic (exact) mass is 482 g/mol. The maximum Gasteiger partial charge on any atom is 0.416 e. The van der Waals surface area contributed by atoms with Crippen molar-refractivity contribution in [1.82, 2.24) is 10.2 Å². The van der Waals surface area contributed by atoms with Gasteiger partial charge in [0.15, 0.2) is 0 Å². The molecule has 34 heavy (non-hydrogen) atoms. The number of hydrogen-bond donors (Lipinski definition) is 3. The molecule has 0 aromatic heterocycles. The maximum absolute atomic E-state index is 13.1. The lowest BCUT2D eigenvalue weighted by Crippen LogP contribution is -2.51. The fourth-order valence-electron chi connectivity index (χ4n) is 4.59. The van der Waals surface area contributed by atoms with Crippen molar-refractivity contribution in [3.63, 3.8) is 0 Å². The largest absolute Gasteiger partial charge is 0.416 e. The Kier molecular flexibility index (Phi) is 6.69. The minimum atomic E-state index is -4.67. The van der Waals surface area contributed by atoms with Gasteiger partial charge in [0.05, 0.1) is 16.9 Å². The summed E-state index contributed by atoms with van der Waals surface area (Å²) in [5.41, 5.74) is -2.34. The Bertz CT molecular complexity index is 1010. The number of amides is 5. The number of urea groups is 1. The van der Waals surface area contributed by atoms with E-state index in [1.54, 1.807) is 0 Å². The Morgan fingerprint density at radius 3 is 2.24 bits per heavy atom. The lowest BCUT2D eigenvalue weighted by atomic mass is 9.67. The van der Waals surface area contributed by atoms with Gasteiger partial charge < -0.3 is 16.0 Å². The Labute approximate surface area is 195 Å². The quantitative estimate of drug-likeness (QED) is 0.561. The molecule has 1 aromatic rings. The van der Waals surface area contributed by atoms with Gasteiger partial charge >= 0.3 is 12.2 Å². The number of imide groups is 1. The summed E-state index contributed by atoms with van der Waals surface area (Å²) in [7, 11) is 0. The van der Waals surface area contributed by atoms with Gasteiger partial charge in [0.2, 0.25) is 11.8 Å². The summed E-state index contributed by atoms with van der Waals surface area (Å²) in [5, 5.41) is 7.37. The molecule has 0 radical (unpaired) electrons. The smallest absolute Gasteiger partial charge is 0.325 e. The van der Waals surface area contributed by atoms with Gasteiger partial charge in [-0.2, -0.15) is 13.2 Å². The number of anilines is 2. The molecule has 0 atom stereocenters. The van der Waals surface area contributed by atoms with E-state index in [2.05, 4.69) is 36.7 Å². The Balaban J connectivity index is 1.73. The number of hydrogen-bond acceptors (Lipinski definition) is 4. The van der Waals surface area contributed by atoms with Crippen LogP contribution in [0.25, 0.3) is 0 Å². The highest BCUT2D eigenvalue weighted by Crippen LogP contribution is 2.43. The van der Waals surface area contributed by atoms with Gasteiger partial charge in [-0.25, -0.2) is 4.79 Å². The van der Waals surface area contributed by atoms with Crippen molar-refractivity contribution in [1.29, 1.82) is 0 Å². The number of halogens is 3. The molecule has 1 heterocycles. The third-order valence-electron chi connectivity index (χ3n) is 6.54. The van der Waals surface area contributed by atoms with Crippen LogP contribution in [-0.2, 0) is 20.6 Å². The molecule has 0 unspecified atom stereocenters. The van der Waals surface area contributed by atoms with Crippen LogP contribution in [0.4, 0.5) is 29.3 Å². The molecular weight excluding hydrogens is 453 g/mol. The summed E-state index contributed by atoms with van der Waals surface area (Å²) in [6, 6.07) is 1.77. The fourth-order valence-corrected chi connectivity index (χ4v) is 4.59. The minimum absolute atomic E-state index is 0.0389. The topological polar surface area (TPSA) is 108 Å². The highest BCUT2D eigenvalue weighted by Gasteiger charge is 2.53. The summed E-state index contributed by atoms with van der Waals surface area (Å²) in [5.74, 6) is -1.52. The Morgan fingerprint density at radius 1 is 1.09 bits per heavy atom. The molecule has 3 N–H and O–H groups in total. The molecule has 8 nitrogen and oxygen atoms in total. The zero-order valence-electron chi connectivity index (χ0n) is 19.6. The van der Waals surface area contributed by atoms with E-state index in [4.69, 9.17) is 0 Å². The van der Waals surface area contributed by atoms with Gasteiger partial charge in [-0.1, -0.05) is 20.8 Å². The predicted molar refractivity (Wildman–Crippen MR) is 119 cm³/mol. The summed E-state index contributed by atoms with van der Waals surface area (Å²) in [6.07, 6.45) is -2.26. The summed E-state index contributed by atoms with van der Waals surface area (Å²) in [4.78, 5) is 50.4. The average Bonchev–Trinajstić information content (AvgIpc) is 2.91. The van der Waals surface area contributed by atoms with Crippen LogP contribution in [0.1, 0.15) is 58.9 Å². The lowest BCUT2D eigenvalue weighted by Gasteiger charge is -2.40. The zero-order chi connectivity index (χ0) is 25.5. The van der Waals surface area contributed by atoms with Gasteiger partial charge in [-0.3, -0.25) is 19.3 Å². The Hall–Kier alpha value is -3.11. The van der Waals surface area contributed by atoms with Crippen LogP contribution in [0, 0.1) is 11.3 Å². The van der Waals surface area contributed by atoms with Gasteiger partial charge in [0.1, 0.15) is 12.1 Å². The van der Waals surface area contributed by atoms with E-state index in [1.165, 1.54) is 6.92 Å². The Morgan fingerprint density at radius 2 is 1.71 bits per heavy atom. The molecule has 3 rings (SSSR count). The first-order valence-electron chi connectivity index (χ1n) is 11.1. The van der Waals surface area contributed by atoms with Crippen LogP contribution < -0.4 is 16.0 Å². The number of carbonyl (C=O) groups is 4. The zero-order valence-corrected chi connectivity index (χ0v) is 19.6. The fraction of sp³-hybridized carbons (Fsp3) is 0.565. The van der Waals surface area contributed by atoms with Crippen LogP contribution in [-0.4, -0.2) is 40.7 Å². The molecule has 1 aliphatic heterocycles. The molecule has 186 valence electrons. The van der Waals surface area contributed by atoms with E-state index in [0.29, 0.717) is 24.8 Å². The van der Waals surface area contributed by atoms with Crippen molar-refractivity contribution in [3.05, 3.63) is 23.8 Å². The number of nitrogens with zero attached hydrogens (tertiary/aromatic N) is 1. The second-order valence-corrected chi connectivity index (χ2v) is 10.0. The van der Waals surface area contributed by atoms with Crippen LogP contribution in [0.15, 0.2) is 18.2 Å². The number of rotatable bonds is 4. The molecule has 2 aliphatic rings. The molecule has 1 aliphatic carbocycles. The van der Waals surface area contributed by atoms with Crippen molar-refractivity contribution in [2.45, 2.75) is 65.1 Å². The first-order chi connectivity index (χ1) is 15.6. The molecule has 2 fully saturated rings.